The molecule has 2 aromatic heterocycles. The van der Waals surface area contributed by atoms with Crippen LogP contribution in [-0.2, 0) is 0 Å². The molecule has 0 saturated carbocycles. The molecule has 0 aliphatic heterocycles. The Kier molecular flexibility index (Phi) is 5.98. The molecule has 3 nitrogen and oxygen atoms in total. The van der Waals surface area contributed by atoms with Gasteiger partial charge in [0.05, 0.1) is 45.1 Å². The van der Waals surface area contributed by atoms with Gasteiger partial charge in [-0.3, -0.25) is 0 Å². The Morgan fingerprint density at radius 2 is 0.800 bits per heavy atom. The van der Waals surface area contributed by atoms with Crippen LogP contribution >= 0.6 is 0 Å². The molecule has 0 fully saturated rings. The Morgan fingerprint density at radius 3 is 1.24 bits per heavy atom. The lowest BCUT2D eigenvalue weighted by atomic mass is 9.97. The van der Waals surface area contributed by atoms with E-state index in [9.17, 15) is 5.26 Å². The second-order valence-electron chi connectivity index (χ2n) is 12.6. The Bertz CT molecular complexity index is 2430. The van der Waals surface area contributed by atoms with Crippen molar-refractivity contribution in [2.75, 3.05) is 0 Å². The maximum absolute atomic E-state index is 10.1. The summed E-state index contributed by atoms with van der Waals surface area (Å²) in [7, 11) is 0. The topological polar surface area (TPSA) is 33.6 Å². The largest absolute Gasteiger partial charge is 0.309 e. The van der Waals surface area contributed by atoms with E-state index in [-0.39, 0.29) is 0 Å². The molecule has 45 heavy (non-hydrogen) atoms. The molecule has 3 heteroatoms. The highest BCUT2D eigenvalue weighted by Gasteiger charge is 2.21. The van der Waals surface area contributed by atoms with Gasteiger partial charge in [-0.1, -0.05) is 58.7 Å². The quantitative estimate of drug-likeness (QED) is 0.205. The number of benzene rings is 6. The number of aryl methyl sites for hydroxylation is 5. The highest BCUT2D eigenvalue weighted by molar-refractivity contribution is 6.12. The average Bonchev–Trinajstić information content (AvgIpc) is 3.51. The Labute approximate surface area is 263 Å². The highest BCUT2D eigenvalue weighted by atomic mass is 15.0. The van der Waals surface area contributed by atoms with Crippen molar-refractivity contribution in [2.45, 2.75) is 34.6 Å². The summed E-state index contributed by atoms with van der Waals surface area (Å²) < 4.78 is 4.79. The molecular weight excluding hydrogens is 546 g/mol. The average molecular weight is 580 g/mol. The van der Waals surface area contributed by atoms with E-state index >= 15 is 0 Å². The van der Waals surface area contributed by atoms with Gasteiger partial charge in [-0.05, 0) is 113 Å². The molecule has 6 aromatic carbocycles. The van der Waals surface area contributed by atoms with Gasteiger partial charge in [0, 0.05) is 32.7 Å². The molecule has 0 amide bonds. The van der Waals surface area contributed by atoms with E-state index in [1.807, 2.05) is 6.07 Å². The molecule has 8 aromatic rings. The van der Waals surface area contributed by atoms with Crippen molar-refractivity contribution < 1.29 is 0 Å². The fourth-order valence-electron chi connectivity index (χ4n) is 7.09. The molecular formula is C42H33N3. The van der Waals surface area contributed by atoms with Crippen LogP contribution in [-0.4, -0.2) is 9.13 Å². The van der Waals surface area contributed by atoms with E-state index in [0.29, 0.717) is 5.56 Å². The van der Waals surface area contributed by atoms with Crippen LogP contribution in [0, 0.1) is 45.9 Å². The zero-order valence-electron chi connectivity index (χ0n) is 26.2. The van der Waals surface area contributed by atoms with Crippen LogP contribution in [0.3, 0.4) is 0 Å². The van der Waals surface area contributed by atoms with Gasteiger partial charge in [0.15, 0.2) is 0 Å². The van der Waals surface area contributed by atoms with Gasteiger partial charge in [0.25, 0.3) is 0 Å². The zero-order valence-corrected chi connectivity index (χ0v) is 26.2. The standard InChI is InChI=1S/C42H33N3/c1-25-7-13-37-32(18-25)33-19-26(2)8-14-38(33)44(37)41-17-11-30(24-43)23-36(41)31-12-6-29(5)22-42(31)45-39-15-9-27(3)20-34(39)35-21-28(4)10-16-40(35)45/h6-23H,1-5H3. The maximum atomic E-state index is 10.1. The van der Waals surface area contributed by atoms with Crippen LogP contribution < -0.4 is 0 Å². The summed E-state index contributed by atoms with van der Waals surface area (Å²) in [6, 6.07) is 42.1. The predicted octanol–water partition coefficient (Wildman–Crippen LogP) is 11.0. The van der Waals surface area contributed by atoms with Crippen LogP contribution in [0.15, 0.2) is 109 Å². The Balaban J connectivity index is 1.50. The smallest absolute Gasteiger partial charge is 0.0991 e. The SMILES string of the molecule is Cc1ccc(-c2cc(C#N)ccc2-n2c3ccc(C)cc3c3cc(C)ccc32)c(-n2c3ccc(C)cc3c3cc(C)ccc32)c1. The van der Waals surface area contributed by atoms with Crippen LogP contribution in [0.2, 0.25) is 0 Å². The van der Waals surface area contributed by atoms with Gasteiger partial charge in [0.1, 0.15) is 0 Å². The molecule has 0 aliphatic rings. The first kappa shape index (κ1) is 27.0. The Morgan fingerprint density at radius 1 is 0.400 bits per heavy atom. The molecule has 216 valence electrons. The van der Waals surface area contributed by atoms with E-state index in [2.05, 4.69) is 153 Å². The monoisotopic (exact) mass is 579 g/mol. The van der Waals surface area contributed by atoms with E-state index in [1.54, 1.807) is 0 Å². The maximum Gasteiger partial charge on any atom is 0.0991 e. The van der Waals surface area contributed by atoms with Gasteiger partial charge < -0.3 is 9.13 Å². The fourth-order valence-corrected chi connectivity index (χ4v) is 7.09. The minimum atomic E-state index is 0.640. The van der Waals surface area contributed by atoms with E-state index in [0.717, 1.165) is 33.5 Å². The number of nitriles is 1. The third-order valence-electron chi connectivity index (χ3n) is 9.20. The first-order valence-electron chi connectivity index (χ1n) is 15.5. The lowest BCUT2D eigenvalue weighted by Gasteiger charge is -2.19. The summed E-state index contributed by atoms with van der Waals surface area (Å²) >= 11 is 0. The second kappa shape index (κ2) is 9.97. The van der Waals surface area contributed by atoms with Crippen molar-refractivity contribution in [2.24, 2.45) is 0 Å². The van der Waals surface area contributed by atoms with Crippen molar-refractivity contribution in [3.8, 4) is 28.6 Å². The van der Waals surface area contributed by atoms with Crippen LogP contribution in [0.1, 0.15) is 33.4 Å². The first-order chi connectivity index (χ1) is 21.8. The normalized spacial score (nSPS) is 11.6. The van der Waals surface area contributed by atoms with Crippen LogP contribution in [0.5, 0.6) is 0 Å². The van der Waals surface area contributed by atoms with E-state index in [1.165, 1.54) is 60.4 Å². The first-order valence-corrected chi connectivity index (χ1v) is 15.5. The van der Waals surface area contributed by atoms with Gasteiger partial charge in [-0.25, -0.2) is 0 Å². The van der Waals surface area contributed by atoms with Crippen LogP contribution in [0.25, 0.3) is 66.1 Å². The van der Waals surface area contributed by atoms with E-state index in [4.69, 9.17) is 0 Å². The van der Waals surface area contributed by atoms with E-state index < -0.39 is 0 Å². The van der Waals surface area contributed by atoms with Crippen LogP contribution in [0.4, 0.5) is 0 Å². The summed E-state index contributed by atoms with van der Waals surface area (Å²) in [5.74, 6) is 0. The number of hydrogen-bond donors (Lipinski definition) is 0. The van der Waals surface area contributed by atoms with Crippen molar-refractivity contribution in [3.63, 3.8) is 0 Å². The minimum absolute atomic E-state index is 0.640. The number of fused-ring (bicyclic) bond motifs is 6. The molecule has 0 bridgehead atoms. The highest BCUT2D eigenvalue weighted by Crippen LogP contribution is 2.42. The van der Waals surface area contributed by atoms with Crippen molar-refractivity contribution >= 4 is 43.6 Å². The van der Waals surface area contributed by atoms with Crippen molar-refractivity contribution in [1.82, 2.24) is 9.13 Å². The molecule has 0 N–H and O–H groups in total. The molecule has 8 rings (SSSR count). The van der Waals surface area contributed by atoms with Crippen molar-refractivity contribution in [3.05, 3.63) is 143 Å². The van der Waals surface area contributed by atoms with Gasteiger partial charge >= 0.3 is 0 Å². The lowest BCUT2D eigenvalue weighted by molar-refractivity contribution is 1.15. The molecule has 0 atom stereocenters. The number of aromatic nitrogens is 2. The molecule has 0 radical (unpaired) electrons. The molecule has 0 spiro atoms. The summed E-state index contributed by atoms with van der Waals surface area (Å²) in [5.41, 5.74) is 15.7. The summed E-state index contributed by atoms with van der Waals surface area (Å²) in [4.78, 5) is 0. The molecule has 2 heterocycles. The number of nitrogens with zero attached hydrogens (tertiary/aromatic N) is 3. The van der Waals surface area contributed by atoms with Gasteiger partial charge in [-0.2, -0.15) is 5.26 Å². The predicted molar refractivity (Wildman–Crippen MR) is 189 cm³/mol. The fraction of sp³-hybridized carbons (Fsp3) is 0.119. The summed E-state index contributed by atoms with van der Waals surface area (Å²) in [6.07, 6.45) is 0. The minimum Gasteiger partial charge on any atom is -0.309 e. The number of rotatable bonds is 3. The molecule has 0 unspecified atom stereocenters. The lowest BCUT2D eigenvalue weighted by Crippen LogP contribution is -2.02. The summed E-state index contributed by atoms with van der Waals surface area (Å²) in [5, 5.41) is 15.1. The third kappa shape index (κ3) is 4.18. The molecule has 0 saturated heterocycles. The summed E-state index contributed by atoms with van der Waals surface area (Å²) in [6.45, 7) is 10.8. The zero-order chi connectivity index (χ0) is 31.0. The number of hydrogen-bond acceptors (Lipinski definition) is 1. The second-order valence-corrected chi connectivity index (χ2v) is 12.6. The van der Waals surface area contributed by atoms with Crippen molar-refractivity contribution in [1.29, 1.82) is 5.26 Å². The van der Waals surface area contributed by atoms with Gasteiger partial charge in [-0.15, -0.1) is 0 Å². The molecule has 0 aliphatic carbocycles. The third-order valence-corrected chi connectivity index (χ3v) is 9.20. The van der Waals surface area contributed by atoms with Gasteiger partial charge in [0.2, 0.25) is 0 Å². The Hall–Kier alpha value is -5.59.